The Balaban J connectivity index is 2.35. The summed E-state index contributed by atoms with van der Waals surface area (Å²) in [6.07, 6.45) is 9.83. The Morgan fingerprint density at radius 1 is 1.56 bits per heavy atom. The maximum atomic E-state index is 3.35. The van der Waals surface area contributed by atoms with Crippen LogP contribution in [0.1, 0.15) is 13.3 Å². The van der Waals surface area contributed by atoms with Crippen LogP contribution in [0.5, 0.6) is 0 Å². The van der Waals surface area contributed by atoms with Crippen LogP contribution in [0, 0.1) is 0 Å². The molecule has 0 aromatic carbocycles. The molecule has 1 aliphatic heterocycles. The third-order valence-electron chi connectivity index (χ3n) is 1.48. The lowest BCUT2D eigenvalue weighted by Gasteiger charge is -2.14. The predicted molar refractivity (Wildman–Crippen MR) is 40.4 cm³/mol. The van der Waals surface area contributed by atoms with Crippen LogP contribution in [0.4, 0.5) is 0 Å². The number of hydrogen-bond acceptors (Lipinski definition) is 1. The van der Waals surface area contributed by atoms with E-state index >= 15 is 0 Å². The summed E-state index contributed by atoms with van der Waals surface area (Å²) in [6, 6.07) is 0.583. The molecule has 0 radical (unpaired) electrons. The SMILES string of the molecule is C/C=C/[C@@H]1CC=CCN1. The molecule has 1 heteroatoms. The summed E-state index contributed by atoms with van der Waals surface area (Å²) >= 11 is 0. The van der Waals surface area contributed by atoms with Crippen molar-refractivity contribution in [2.75, 3.05) is 6.54 Å². The summed E-state index contributed by atoms with van der Waals surface area (Å²) in [7, 11) is 0. The molecule has 0 aliphatic carbocycles. The summed E-state index contributed by atoms with van der Waals surface area (Å²) in [5.41, 5.74) is 0. The van der Waals surface area contributed by atoms with E-state index in [1.165, 1.54) is 0 Å². The van der Waals surface area contributed by atoms with Crippen LogP contribution < -0.4 is 5.32 Å². The highest BCUT2D eigenvalue weighted by atomic mass is 14.9. The highest BCUT2D eigenvalue weighted by Crippen LogP contribution is 1.99. The number of nitrogens with one attached hydrogen (secondary N) is 1. The van der Waals surface area contributed by atoms with Crippen molar-refractivity contribution in [3.63, 3.8) is 0 Å². The molecule has 1 nitrogen and oxygen atoms in total. The topological polar surface area (TPSA) is 12.0 Å². The van der Waals surface area contributed by atoms with Crippen LogP contribution in [0.25, 0.3) is 0 Å². The van der Waals surface area contributed by atoms with Crippen molar-refractivity contribution in [3.8, 4) is 0 Å². The zero-order chi connectivity index (χ0) is 6.53. The average molecular weight is 123 g/mol. The molecule has 1 atom stereocenters. The van der Waals surface area contributed by atoms with Crippen LogP contribution in [0.3, 0.4) is 0 Å². The molecule has 1 aliphatic rings. The Bertz CT molecular complexity index is 125. The van der Waals surface area contributed by atoms with Crippen LogP contribution in [0.2, 0.25) is 0 Å². The van der Waals surface area contributed by atoms with Crippen molar-refractivity contribution in [2.24, 2.45) is 0 Å². The first-order valence-corrected chi connectivity index (χ1v) is 3.44. The first-order valence-electron chi connectivity index (χ1n) is 3.44. The first kappa shape index (κ1) is 6.56. The second kappa shape index (κ2) is 3.46. The average Bonchev–Trinajstić information content (AvgIpc) is 1.91. The third kappa shape index (κ3) is 2.02. The standard InChI is InChI=1S/C8H13N/c1-2-5-8-6-3-4-7-9-8/h2-5,8-9H,6-7H2,1H3/b5-2+/t8-/m1/s1. The molecule has 9 heavy (non-hydrogen) atoms. The minimum absolute atomic E-state index is 0.583. The fourth-order valence-corrected chi connectivity index (χ4v) is 1.01. The molecule has 0 spiro atoms. The lowest BCUT2D eigenvalue weighted by Crippen LogP contribution is -2.29. The van der Waals surface area contributed by atoms with E-state index in [4.69, 9.17) is 0 Å². The maximum Gasteiger partial charge on any atom is 0.0287 e. The fraction of sp³-hybridized carbons (Fsp3) is 0.500. The van der Waals surface area contributed by atoms with Gasteiger partial charge in [-0.1, -0.05) is 24.3 Å². The van der Waals surface area contributed by atoms with Crippen molar-refractivity contribution in [1.29, 1.82) is 0 Å². The van der Waals surface area contributed by atoms with Gasteiger partial charge in [-0.25, -0.2) is 0 Å². The van der Waals surface area contributed by atoms with Crippen LogP contribution in [0.15, 0.2) is 24.3 Å². The predicted octanol–water partition coefficient (Wildman–Crippen LogP) is 1.48. The fourth-order valence-electron chi connectivity index (χ4n) is 1.01. The molecule has 1 heterocycles. The van der Waals surface area contributed by atoms with Gasteiger partial charge in [-0.15, -0.1) is 0 Å². The molecule has 0 bridgehead atoms. The Morgan fingerprint density at radius 2 is 2.44 bits per heavy atom. The van der Waals surface area contributed by atoms with Crippen LogP contribution in [-0.4, -0.2) is 12.6 Å². The highest BCUT2D eigenvalue weighted by Gasteiger charge is 2.01. The minimum atomic E-state index is 0.583. The quantitative estimate of drug-likeness (QED) is 0.521. The van der Waals surface area contributed by atoms with Gasteiger partial charge in [0.1, 0.15) is 0 Å². The molecule has 0 saturated carbocycles. The first-order chi connectivity index (χ1) is 4.43. The Hall–Kier alpha value is -0.560. The minimum Gasteiger partial charge on any atom is -0.307 e. The molecule has 0 aromatic rings. The molecule has 1 rings (SSSR count). The molecule has 50 valence electrons. The summed E-state index contributed by atoms with van der Waals surface area (Å²) in [5, 5.41) is 3.35. The van der Waals surface area contributed by atoms with Gasteiger partial charge < -0.3 is 5.32 Å². The zero-order valence-corrected chi connectivity index (χ0v) is 5.80. The number of hydrogen-bond donors (Lipinski definition) is 1. The van der Waals surface area contributed by atoms with Crippen LogP contribution in [-0.2, 0) is 0 Å². The lowest BCUT2D eigenvalue weighted by atomic mass is 10.1. The van der Waals surface area contributed by atoms with Gasteiger partial charge in [0, 0.05) is 12.6 Å². The Morgan fingerprint density at radius 3 is 3.00 bits per heavy atom. The summed E-state index contributed by atoms with van der Waals surface area (Å²) in [6.45, 7) is 3.08. The molecule has 0 aromatic heterocycles. The van der Waals surface area contributed by atoms with Crippen molar-refractivity contribution in [1.82, 2.24) is 5.32 Å². The lowest BCUT2D eigenvalue weighted by molar-refractivity contribution is 0.618. The van der Waals surface area contributed by atoms with Gasteiger partial charge in [-0.3, -0.25) is 0 Å². The second-order valence-electron chi connectivity index (χ2n) is 2.25. The van der Waals surface area contributed by atoms with Crippen molar-refractivity contribution in [3.05, 3.63) is 24.3 Å². The molecular weight excluding hydrogens is 110 g/mol. The normalized spacial score (nSPS) is 27.4. The Labute approximate surface area is 56.5 Å². The van der Waals surface area contributed by atoms with Crippen molar-refractivity contribution in [2.45, 2.75) is 19.4 Å². The largest absolute Gasteiger partial charge is 0.307 e. The van der Waals surface area contributed by atoms with Gasteiger partial charge in [0.15, 0.2) is 0 Å². The summed E-state index contributed by atoms with van der Waals surface area (Å²) in [5.74, 6) is 0. The van der Waals surface area contributed by atoms with Crippen molar-refractivity contribution < 1.29 is 0 Å². The zero-order valence-electron chi connectivity index (χ0n) is 5.80. The Kier molecular flexibility index (Phi) is 2.52. The summed E-state index contributed by atoms with van der Waals surface area (Å²) < 4.78 is 0. The molecule has 0 unspecified atom stereocenters. The highest BCUT2D eigenvalue weighted by molar-refractivity contribution is 5.02. The van der Waals surface area contributed by atoms with Gasteiger partial charge >= 0.3 is 0 Å². The van der Waals surface area contributed by atoms with Crippen molar-refractivity contribution >= 4 is 0 Å². The monoisotopic (exact) mass is 123 g/mol. The molecule has 0 amide bonds. The van der Waals surface area contributed by atoms with Gasteiger partial charge in [-0.2, -0.15) is 0 Å². The van der Waals surface area contributed by atoms with E-state index in [2.05, 4.69) is 36.5 Å². The van der Waals surface area contributed by atoms with Crippen LogP contribution >= 0.6 is 0 Å². The van der Waals surface area contributed by atoms with E-state index in [1.54, 1.807) is 0 Å². The second-order valence-corrected chi connectivity index (χ2v) is 2.25. The van der Waals surface area contributed by atoms with E-state index in [0.717, 1.165) is 13.0 Å². The number of rotatable bonds is 1. The van der Waals surface area contributed by atoms with E-state index in [-0.39, 0.29) is 0 Å². The van der Waals surface area contributed by atoms with E-state index in [1.807, 2.05) is 0 Å². The van der Waals surface area contributed by atoms with Gasteiger partial charge in [-0.05, 0) is 13.3 Å². The van der Waals surface area contributed by atoms with E-state index in [9.17, 15) is 0 Å². The molecular formula is C8H13N. The smallest absolute Gasteiger partial charge is 0.0287 e. The molecule has 1 N–H and O–H groups in total. The maximum absolute atomic E-state index is 3.35. The van der Waals surface area contributed by atoms with Gasteiger partial charge in [0.25, 0.3) is 0 Å². The van der Waals surface area contributed by atoms with Gasteiger partial charge in [0.05, 0.1) is 0 Å². The third-order valence-corrected chi connectivity index (χ3v) is 1.48. The summed E-state index contributed by atoms with van der Waals surface area (Å²) in [4.78, 5) is 0. The molecule has 0 fully saturated rings. The van der Waals surface area contributed by atoms with E-state index < -0.39 is 0 Å². The molecule has 0 saturated heterocycles. The number of allylic oxidation sites excluding steroid dienone is 1. The van der Waals surface area contributed by atoms with E-state index in [0.29, 0.717) is 6.04 Å². The van der Waals surface area contributed by atoms with Gasteiger partial charge in [0.2, 0.25) is 0 Å².